The first-order valence-electron chi connectivity index (χ1n) is 12.0. The number of fused-ring (bicyclic) bond motifs is 1. The van der Waals surface area contributed by atoms with Crippen molar-refractivity contribution in [1.29, 1.82) is 0 Å². The van der Waals surface area contributed by atoms with Crippen molar-refractivity contribution in [2.45, 2.75) is 39.0 Å². The molecule has 196 valence electrons. The lowest BCUT2D eigenvalue weighted by Crippen LogP contribution is -2.28. The number of hydrogen-bond donors (Lipinski definition) is 2. The second-order valence-corrected chi connectivity index (χ2v) is 9.77. The fraction of sp³-hybridized carbons (Fsp3) is 0.370. The third-order valence-electron chi connectivity index (χ3n) is 5.76. The highest BCUT2D eigenvalue weighted by Crippen LogP contribution is 2.24. The molecule has 1 heterocycles. The van der Waals surface area contributed by atoms with Crippen LogP contribution in [0.4, 0.5) is 5.69 Å². The van der Waals surface area contributed by atoms with Crippen LogP contribution in [0.5, 0.6) is 0 Å². The van der Waals surface area contributed by atoms with Gasteiger partial charge in [-0.05, 0) is 55.5 Å². The van der Waals surface area contributed by atoms with E-state index in [1.165, 1.54) is 14.2 Å². The van der Waals surface area contributed by atoms with E-state index in [4.69, 9.17) is 0 Å². The molecule has 37 heavy (non-hydrogen) atoms. The van der Waals surface area contributed by atoms with E-state index in [1.54, 1.807) is 11.3 Å². The number of amides is 2. The largest absolute Gasteiger partial charge is 0.468 e. The molecule has 3 aromatic rings. The Morgan fingerprint density at radius 2 is 1.59 bits per heavy atom. The highest BCUT2D eigenvalue weighted by Gasteiger charge is 2.28. The molecule has 1 aromatic heterocycles. The first-order valence-corrected chi connectivity index (χ1v) is 12.8. The molecule has 10 heteroatoms. The number of carbonyl (C=O) groups is 4. The Morgan fingerprint density at radius 3 is 2.27 bits per heavy atom. The highest BCUT2D eigenvalue weighted by atomic mass is 32.1. The Hall–Kier alpha value is -3.79. The summed E-state index contributed by atoms with van der Waals surface area (Å²) >= 11 is 1.57. The molecule has 3 rings (SSSR count). The number of esters is 2. The molecule has 9 nitrogen and oxygen atoms in total. The smallest absolute Gasteiger partial charge is 0.320 e. The van der Waals surface area contributed by atoms with Crippen LogP contribution >= 0.6 is 11.3 Å². The summed E-state index contributed by atoms with van der Waals surface area (Å²) in [5.74, 6) is -2.54. The van der Waals surface area contributed by atoms with Crippen molar-refractivity contribution >= 4 is 51.0 Å². The summed E-state index contributed by atoms with van der Waals surface area (Å²) in [4.78, 5) is 52.4. The number of nitrogens with zero attached hydrogens (tertiary/aromatic N) is 1. The molecule has 0 aliphatic carbocycles. The molecule has 0 atom stereocenters. The van der Waals surface area contributed by atoms with Crippen molar-refractivity contribution in [2.75, 3.05) is 26.1 Å². The number of anilines is 1. The van der Waals surface area contributed by atoms with Crippen LogP contribution in [0, 0.1) is 12.8 Å². The van der Waals surface area contributed by atoms with Gasteiger partial charge in [-0.2, -0.15) is 0 Å². The zero-order valence-corrected chi connectivity index (χ0v) is 22.0. The van der Waals surface area contributed by atoms with Crippen LogP contribution in [0.2, 0.25) is 0 Å². The van der Waals surface area contributed by atoms with Crippen molar-refractivity contribution in [3.63, 3.8) is 0 Å². The molecule has 2 N–H and O–H groups in total. The maximum Gasteiger partial charge on any atom is 0.320 e. The van der Waals surface area contributed by atoms with Gasteiger partial charge >= 0.3 is 11.9 Å². The summed E-state index contributed by atoms with van der Waals surface area (Å²) in [6, 6.07) is 13.1. The van der Waals surface area contributed by atoms with Gasteiger partial charge in [-0.1, -0.05) is 24.3 Å². The lowest BCUT2D eigenvalue weighted by atomic mass is 9.97. The second-order valence-electron chi connectivity index (χ2n) is 8.54. The van der Waals surface area contributed by atoms with E-state index in [0.29, 0.717) is 24.9 Å². The Labute approximate surface area is 219 Å². The minimum atomic E-state index is -1.00. The van der Waals surface area contributed by atoms with Crippen LogP contribution in [0.25, 0.3) is 10.2 Å². The van der Waals surface area contributed by atoms with Gasteiger partial charge in [0.25, 0.3) is 0 Å². The van der Waals surface area contributed by atoms with Crippen LogP contribution in [-0.4, -0.2) is 49.5 Å². The summed E-state index contributed by atoms with van der Waals surface area (Å²) in [7, 11) is 2.47. The standard InChI is InChI=1S/C27H31N3O6S/c1-17-29-22-12-11-20(16-23(22)37-17)30-25(32)13-14-28-24(31)6-4-5-18-7-9-19(10-8-18)15-21(26(33)35-2)27(34)36-3/h7-12,16,21H,4-6,13-15H2,1-3H3,(H,28,31)(H,30,32). The van der Waals surface area contributed by atoms with Crippen LogP contribution in [0.15, 0.2) is 42.5 Å². The molecule has 0 bridgehead atoms. The predicted octanol–water partition coefficient (Wildman–Crippen LogP) is 3.58. The molecule has 0 saturated carbocycles. The number of nitrogens with one attached hydrogen (secondary N) is 2. The van der Waals surface area contributed by atoms with E-state index in [0.717, 1.165) is 26.4 Å². The predicted molar refractivity (Wildman–Crippen MR) is 141 cm³/mol. The van der Waals surface area contributed by atoms with E-state index in [9.17, 15) is 19.2 Å². The van der Waals surface area contributed by atoms with Gasteiger partial charge in [0, 0.05) is 25.1 Å². The summed E-state index contributed by atoms with van der Waals surface area (Å²) in [6.45, 7) is 2.21. The second kappa shape index (κ2) is 13.5. The third-order valence-corrected chi connectivity index (χ3v) is 6.69. The molecular formula is C27H31N3O6S. The Kier molecular flexibility index (Phi) is 10.1. The number of carbonyl (C=O) groups excluding carboxylic acids is 4. The number of methoxy groups -OCH3 is 2. The summed E-state index contributed by atoms with van der Waals surface area (Å²) in [5, 5.41) is 6.62. The van der Waals surface area contributed by atoms with Crippen molar-refractivity contribution < 1.29 is 28.7 Å². The number of aryl methyl sites for hydroxylation is 2. The molecule has 0 fully saturated rings. The fourth-order valence-corrected chi connectivity index (χ4v) is 4.69. The molecule has 0 spiro atoms. The fourth-order valence-electron chi connectivity index (χ4n) is 3.82. The lowest BCUT2D eigenvalue weighted by molar-refractivity contribution is -0.158. The first-order chi connectivity index (χ1) is 17.8. The Bertz CT molecular complexity index is 1240. The minimum absolute atomic E-state index is 0.107. The number of ether oxygens (including phenoxy) is 2. The van der Waals surface area contributed by atoms with E-state index >= 15 is 0 Å². The summed E-state index contributed by atoms with van der Waals surface area (Å²) in [6.07, 6.45) is 2.07. The van der Waals surface area contributed by atoms with Crippen molar-refractivity contribution in [1.82, 2.24) is 10.3 Å². The Balaban J connectivity index is 1.35. The maximum atomic E-state index is 12.2. The topological polar surface area (TPSA) is 124 Å². The van der Waals surface area contributed by atoms with Crippen molar-refractivity contribution in [3.8, 4) is 0 Å². The molecular weight excluding hydrogens is 494 g/mol. The SMILES string of the molecule is COC(=O)C(Cc1ccc(CCCC(=O)NCCC(=O)Nc2ccc3nc(C)sc3c2)cc1)C(=O)OC. The number of rotatable bonds is 12. The lowest BCUT2D eigenvalue weighted by Gasteiger charge is -2.12. The normalized spacial score (nSPS) is 10.8. The molecule has 0 radical (unpaired) electrons. The zero-order valence-electron chi connectivity index (χ0n) is 21.2. The monoisotopic (exact) mass is 525 g/mol. The summed E-state index contributed by atoms with van der Waals surface area (Å²) < 4.78 is 10.4. The number of thiazole rings is 1. The third kappa shape index (κ3) is 8.38. The molecule has 0 aliphatic rings. The van der Waals surface area contributed by atoms with E-state index in [1.807, 2.05) is 49.4 Å². The number of benzene rings is 2. The average molecular weight is 526 g/mol. The van der Waals surface area contributed by atoms with Crippen LogP contribution in [0.3, 0.4) is 0 Å². The van der Waals surface area contributed by atoms with Gasteiger partial charge in [0.15, 0.2) is 5.92 Å². The van der Waals surface area contributed by atoms with Gasteiger partial charge in [0.1, 0.15) is 0 Å². The van der Waals surface area contributed by atoms with Gasteiger partial charge in [0.05, 0.1) is 29.4 Å². The molecule has 0 saturated heterocycles. The van der Waals surface area contributed by atoms with Gasteiger partial charge in [-0.25, -0.2) is 4.98 Å². The van der Waals surface area contributed by atoms with E-state index in [-0.39, 0.29) is 31.2 Å². The van der Waals surface area contributed by atoms with E-state index < -0.39 is 17.9 Å². The highest BCUT2D eigenvalue weighted by molar-refractivity contribution is 7.18. The molecule has 2 amide bonds. The van der Waals surface area contributed by atoms with Gasteiger partial charge in [0.2, 0.25) is 11.8 Å². The first kappa shape index (κ1) is 27.8. The number of aromatic nitrogens is 1. The average Bonchev–Trinajstić information content (AvgIpc) is 3.26. The maximum absolute atomic E-state index is 12.2. The van der Waals surface area contributed by atoms with Crippen LogP contribution in [-0.2, 0) is 41.5 Å². The van der Waals surface area contributed by atoms with Crippen LogP contribution < -0.4 is 10.6 Å². The molecule has 2 aromatic carbocycles. The van der Waals surface area contributed by atoms with Gasteiger partial charge < -0.3 is 20.1 Å². The summed E-state index contributed by atoms with van der Waals surface area (Å²) in [5.41, 5.74) is 3.47. The Morgan fingerprint density at radius 1 is 0.919 bits per heavy atom. The van der Waals surface area contributed by atoms with Crippen LogP contribution in [0.1, 0.15) is 35.4 Å². The molecule has 0 unspecified atom stereocenters. The van der Waals surface area contributed by atoms with Crippen molar-refractivity contribution in [3.05, 3.63) is 58.6 Å². The quantitative estimate of drug-likeness (QED) is 0.274. The minimum Gasteiger partial charge on any atom is -0.468 e. The molecule has 0 aliphatic heterocycles. The van der Waals surface area contributed by atoms with Gasteiger partial charge in [-0.15, -0.1) is 11.3 Å². The zero-order chi connectivity index (χ0) is 26.8. The van der Waals surface area contributed by atoms with Gasteiger partial charge in [-0.3, -0.25) is 19.2 Å². The van der Waals surface area contributed by atoms with Crippen molar-refractivity contribution in [2.24, 2.45) is 5.92 Å². The number of hydrogen-bond acceptors (Lipinski definition) is 8. The van der Waals surface area contributed by atoms with E-state index in [2.05, 4.69) is 25.1 Å².